The standard InChI is InChI=1S/C18H15Cl2FN4O2/c1-25(9-16(26)22-13-6-7-14(19)15(20)8-13)10-17-23-24-18(27-17)11-2-4-12(21)5-3-11/h2-8H,9-10H2,1H3,(H,22,26)/p+1. The molecule has 1 heterocycles. The van der Waals surface area contributed by atoms with Crippen molar-refractivity contribution in [2.24, 2.45) is 0 Å². The number of hydrogen-bond acceptors (Lipinski definition) is 4. The topological polar surface area (TPSA) is 72.5 Å². The van der Waals surface area contributed by atoms with Crippen LogP contribution in [0.25, 0.3) is 11.5 Å². The van der Waals surface area contributed by atoms with Crippen molar-refractivity contribution < 1.29 is 18.5 Å². The molecule has 0 saturated heterocycles. The predicted molar refractivity (Wildman–Crippen MR) is 100 cm³/mol. The van der Waals surface area contributed by atoms with E-state index in [0.29, 0.717) is 39.6 Å². The molecule has 2 aromatic carbocycles. The highest BCUT2D eigenvalue weighted by Gasteiger charge is 2.16. The van der Waals surface area contributed by atoms with Crippen LogP contribution in [0.3, 0.4) is 0 Å². The molecule has 9 heteroatoms. The van der Waals surface area contributed by atoms with Gasteiger partial charge in [0.1, 0.15) is 5.82 Å². The van der Waals surface area contributed by atoms with Gasteiger partial charge in [-0.25, -0.2) is 4.39 Å². The Morgan fingerprint density at radius 3 is 2.59 bits per heavy atom. The smallest absolute Gasteiger partial charge is 0.279 e. The maximum Gasteiger partial charge on any atom is 0.279 e. The van der Waals surface area contributed by atoms with Crippen molar-refractivity contribution in [3.63, 3.8) is 0 Å². The van der Waals surface area contributed by atoms with Gasteiger partial charge >= 0.3 is 0 Å². The van der Waals surface area contributed by atoms with Crippen LogP contribution in [0.5, 0.6) is 0 Å². The van der Waals surface area contributed by atoms with E-state index in [4.69, 9.17) is 27.6 Å². The van der Waals surface area contributed by atoms with Gasteiger partial charge in [-0.3, -0.25) is 4.79 Å². The van der Waals surface area contributed by atoms with Crippen molar-refractivity contribution in [2.45, 2.75) is 6.54 Å². The predicted octanol–water partition coefficient (Wildman–Crippen LogP) is 2.84. The second kappa shape index (κ2) is 8.47. The normalized spacial score (nSPS) is 12.0. The quantitative estimate of drug-likeness (QED) is 0.656. The molecule has 0 aliphatic heterocycles. The number of rotatable bonds is 6. The average molecular weight is 410 g/mol. The number of amides is 1. The highest BCUT2D eigenvalue weighted by molar-refractivity contribution is 6.42. The Bertz CT molecular complexity index is 947. The zero-order chi connectivity index (χ0) is 19.4. The molecular weight excluding hydrogens is 394 g/mol. The molecule has 0 saturated carbocycles. The molecule has 0 aliphatic rings. The van der Waals surface area contributed by atoms with Crippen LogP contribution >= 0.6 is 23.2 Å². The number of nitrogens with one attached hydrogen (secondary N) is 2. The van der Waals surface area contributed by atoms with E-state index < -0.39 is 0 Å². The van der Waals surface area contributed by atoms with E-state index in [1.165, 1.54) is 12.1 Å². The van der Waals surface area contributed by atoms with E-state index in [2.05, 4.69) is 15.5 Å². The fourth-order valence-electron chi connectivity index (χ4n) is 2.41. The zero-order valence-corrected chi connectivity index (χ0v) is 15.8. The summed E-state index contributed by atoms with van der Waals surface area (Å²) in [6.07, 6.45) is 0. The summed E-state index contributed by atoms with van der Waals surface area (Å²) < 4.78 is 18.6. The SMILES string of the molecule is C[NH+](CC(=O)Nc1ccc(Cl)c(Cl)c1)Cc1nnc(-c2ccc(F)cc2)o1. The van der Waals surface area contributed by atoms with Gasteiger partial charge in [0.2, 0.25) is 5.89 Å². The van der Waals surface area contributed by atoms with Gasteiger partial charge in [0.05, 0.1) is 17.1 Å². The molecule has 1 unspecified atom stereocenters. The lowest BCUT2D eigenvalue weighted by atomic mass is 10.2. The summed E-state index contributed by atoms with van der Waals surface area (Å²) in [6, 6.07) is 10.7. The Hall–Kier alpha value is -2.48. The lowest BCUT2D eigenvalue weighted by Crippen LogP contribution is -3.08. The van der Waals surface area contributed by atoms with Crippen molar-refractivity contribution in [1.82, 2.24) is 10.2 Å². The third-order valence-electron chi connectivity index (χ3n) is 3.68. The number of carbonyl (C=O) groups excluding carboxylic acids is 1. The van der Waals surface area contributed by atoms with E-state index >= 15 is 0 Å². The fourth-order valence-corrected chi connectivity index (χ4v) is 2.71. The molecule has 0 spiro atoms. The van der Waals surface area contributed by atoms with E-state index in [1.54, 1.807) is 30.3 Å². The fraction of sp³-hybridized carbons (Fsp3) is 0.167. The first-order chi connectivity index (χ1) is 12.9. The second-order valence-electron chi connectivity index (χ2n) is 6.00. The van der Waals surface area contributed by atoms with Crippen LogP contribution in [-0.4, -0.2) is 29.7 Å². The number of anilines is 1. The minimum Gasteiger partial charge on any atom is -0.415 e. The highest BCUT2D eigenvalue weighted by Crippen LogP contribution is 2.24. The molecule has 0 aliphatic carbocycles. The maximum absolute atomic E-state index is 13.0. The number of likely N-dealkylation sites (N-methyl/N-ethyl adjacent to an activating group) is 1. The van der Waals surface area contributed by atoms with Crippen molar-refractivity contribution in [3.8, 4) is 11.5 Å². The van der Waals surface area contributed by atoms with Crippen LogP contribution in [-0.2, 0) is 11.3 Å². The molecule has 0 fully saturated rings. The third kappa shape index (κ3) is 5.26. The lowest BCUT2D eigenvalue weighted by molar-refractivity contribution is -0.886. The second-order valence-corrected chi connectivity index (χ2v) is 6.81. The van der Waals surface area contributed by atoms with Crippen molar-refractivity contribution in [2.75, 3.05) is 18.9 Å². The molecule has 3 aromatic rings. The molecular formula is C18H16Cl2FN4O2+. The number of nitrogens with zero attached hydrogens (tertiary/aromatic N) is 2. The van der Waals surface area contributed by atoms with Gasteiger partial charge in [0.15, 0.2) is 13.1 Å². The largest absolute Gasteiger partial charge is 0.415 e. The summed E-state index contributed by atoms with van der Waals surface area (Å²) in [4.78, 5) is 13.0. The van der Waals surface area contributed by atoms with Gasteiger partial charge < -0.3 is 14.6 Å². The number of halogens is 3. The maximum atomic E-state index is 13.0. The molecule has 140 valence electrons. The minimum atomic E-state index is -0.337. The lowest BCUT2D eigenvalue weighted by Gasteiger charge is -2.12. The summed E-state index contributed by atoms with van der Waals surface area (Å²) in [5.41, 5.74) is 1.20. The van der Waals surface area contributed by atoms with Crippen LogP contribution in [0.1, 0.15) is 5.89 Å². The number of carbonyl (C=O) groups is 1. The van der Waals surface area contributed by atoms with Crippen LogP contribution < -0.4 is 10.2 Å². The third-order valence-corrected chi connectivity index (χ3v) is 4.42. The molecule has 0 radical (unpaired) electrons. The molecule has 27 heavy (non-hydrogen) atoms. The molecule has 1 amide bonds. The van der Waals surface area contributed by atoms with E-state index in [1.807, 2.05) is 7.05 Å². The summed E-state index contributed by atoms with van der Waals surface area (Å²) in [5.74, 6) is 0.159. The van der Waals surface area contributed by atoms with Crippen LogP contribution in [0.4, 0.5) is 10.1 Å². The van der Waals surface area contributed by atoms with Crippen LogP contribution in [0.2, 0.25) is 10.0 Å². The molecule has 3 rings (SSSR count). The van der Waals surface area contributed by atoms with E-state index in [-0.39, 0.29) is 18.3 Å². The monoisotopic (exact) mass is 409 g/mol. The Labute approximate surface area is 164 Å². The molecule has 0 bridgehead atoms. The number of quaternary nitrogens is 1. The average Bonchev–Trinajstić information content (AvgIpc) is 3.07. The summed E-state index contributed by atoms with van der Waals surface area (Å²) in [7, 11) is 1.83. The van der Waals surface area contributed by atoms with Gasteiger partial charge in [-0.15, -0.1) is 10.2 Å². The van der Waals surface area contributed by atoms with Crippen molar-refractivity contribution >= 4 is 34.8 Å². The zero-order valence-electron chi connectivity index (χ0n) is 14.3. The summed E-state index contributed by atoms with van der Waals surface area (Å²) >= 11 is 11.8. The first-order valence-electron chi connectivity index (χ1n) is 8.05. The first kappa shape index (κ1) is 19.3. The Kier molecular flexibility index (Phi) is 6.05. The number of aromatic nitrogens is 2. The van der Waals surface area contributed by atoms with Crippen molar-refractivity contribution in [3.05, 3.63) is 64.2 Å². The molecule has 6 nitrogen and oxygen atoms in total. The van der Waals surface area contributed by atoms with Gasteiger partial charge in [-0.05, 0) is 42.5 Å². The minimum absolute atomic E-state index is 0.189. The van der Waals surface area contributed by atoms with Crippen molar-refractivity contribution in [1.29, 1.82) is 0 Å². The van der Waals surface area contributed by atoms with Crippen LogP contribution in [0.15, 0.2) is 46.9 Å². The highest BCUT2D eigenvalue weighted by atomic mass is 35.5. The van der Waals surface area contributed by atoms with Gasteiger partial charge in [0, 0.05) is 11.3 Å². The summed E-state index contributed by atoms with van der Waals surface area (Å²) in [6.45, 7) is 0.553. The molecule has 2 N–H and O–H groups in total. The number of hydrogen-bond donors (Lipinski definition) is 2. The molecule has 1 aromatic heterocycles. The van der Waals surface area contributed by atoms with Gasteiger partial charge in [0.25, 0.3) is 11.8 Å². The van der Waals surface area contributed by atoms with E-state index in [9.17, 15) is 9.18 Å². The number of benzene rings is 2. The van der Waals surface area contributed by atoms with Crippen LogP contribution in [0, 0.1) is 5.82 Å². The van der Waals surface area contributed by atoms with Gasteiger partial charge in [-0.2, -0.15) is 0 Å². The molecule has 1 atom stereocenters. The Morgan fingerprint density at radius 2 is 1.89 bits per heavy atom. The summed E-state index contributed by atoms with van der Waals surface area (Å²) in [5, 5.41) is 11.5. The first-order valence-corrected chi connectivity index (χ1v) is 8.81. The Balaban J connectivity index is 1.55. The van der Waals surface area contributed by atoms with Gasteiger partial charge in [-0.1, -0.05) is 23.2 Å². The Morgan fingerprint density at radius 1 is 1.15 bits per heavy atom. The van der Waals surface area contributed by atoms with E-state index in [0.717, 1.165) is 4.90 Å².